The third-order valence-electron chi connectivity index (χ3n) is 5.11. The van der Waals surface area contributed by atoms with Gasteiger partial charge in [0.05, 0.1) is 34.7 Å². The third-order valence-corrected chi connectivity index (χ3v) is 8.69. The number of nitrogens with one attached hydrogen (secondary N) is 1. The van der Waals surface area contributed by atoms with Crippen molar-refractivity contribution in [1.82, 2.24) is 9.62 Å². The minimum atomic E-state index is -3.73. The summed E-state index contributed by atoms with van der Waals surface area (Å²) in [5.74, 6) is 0.445. The summed E-state index contributed by atoms with van der Waals surface area (Å²) in [6.45, 7) is 1.26. The van der Waals surface area contributed by atoms with Gasteiger partial charge in [-0.2, -0.15) is 4.31 Å². The van der Waals surface area contributed by atoms with Crippen LogP contribution < -0.4 is 5.32 Å². The van der Waals surface area contributed by atoms with Gasteiger partial charge < -0.3 is 10.1 Å². The van der Waals surface area contributed by atoms with Gasteiger partial charge in [0.15, 0.2) is 0 Å². The molecular formula is C20H20Cl2N2O4S2. The fourth-order valence-corrected chi connectivity index (χ4v) is 6.45. The van der Waals surface area contributed by atoms with E-state index in [0.717, 1.165) is 22.6 Å². The Bertz CT molecular complexity index is 1070. The third kappa shape index (κ3) is 4.49. The smallest absolute Gasteiger partial charge is 0.253 e. The van der Waals surface area contributed by atoms with E-state index < -0.39 is 15.9 Å². The number of nitrogens with zero attached hydrogens (tertiary/aromatic N) is 1. The number of ether oxygens (including phenoxy) is 1. The molecule has 1 atom stereocenters. The molecule has 0 spiro atoms. The van der Waals surface area contributed by atoms with Gasteiger partial charge in [0, 0.05) is 28.8 Å². The van der Waals surface area contributed by atoms with E-state index in [4.69, 9.17) is 27.9 Å². The van der Waals surface area contributed by atoms with E-state index in [0.29, 0.717) is 18.2 Å². The molecule has 1 amide bonds. The van der Waals surface area contributed by atoms with E-state index in [1.807, 2.05) is 18.2 Å². The first-order chi connectivity index (χ1) is 14.4. The molecule has 4 rings (SSSR count). The van der Waals surface area contributed by atoms with Crippen LogP contribution >= 0.6 is 35.0 Å². The Balaban J connectivity index is 1.60. The summed E-state index contributed by atoms with van der Waals surface area (Å²) in [5, 5.41) is 3.80. The molecule has 0 radical (unpaired) electrons. The number of rotatable bonds is 4. The topological polar surface area (TPSA) is 75.7 Å². The van der Waals surface area contributed by atoms with Gasteiger partial charge in [-0.05, 0) is 48.4 Å². The van der Waals surface area contributed by atoms with Crippen LogP contribution in [0.3, 0.4) is 0 Å². The van der Waals surface area contributed by atoms with Gasteiger partial charge in [-0.3, -0.25) is 4.79 Å². The lowest BCUT2D eigenvalue weighted by molar-refractivity contribution is 0.0730. The summed E-state index contributed by atoms with van der Waals surface area (Å²) in [7, 11) is -3.73. The zero-order valence-corrected chi connectivity index (χ0v) is 19.1. The average Bonchev–Trinajstić information content (AvgIpc) is 2.75. The molecule has 0 saturated carbocycles. The first-order valence-corrected chi connectivity index (χ1v) is 12.6. The van der Waals surface area contributed by atoms with Crippen molar-refractivity contribution in [3.05, 3.63) is 57.6 Å². The number of amides is 1. The molecule has 2 aliphatic rings. The highest BCUT2D eigenvalue weighted by Gasteiger charge is 2.29. The number of carbonyl (C=O) groups excluding carboxylic acids is 1. The highest BCUT2D eigenvalue weighted by molar-refractivity contribution is 7.99. The number of hydrogen-bond acceptors (Lipinski definition) is 5. The molecule has 160 valence electrons. The largest absolute Gasteiger partial charge is 0.379 e. The van der Waals surface area contributed by atoms with Crippen LogP contribution in [0.4, 0.5) is 0 Å². The molecule has 0 aliphatic carbocycles. The number of halogens is 2. The molecule has 0 bridgehead atoms. The second kappa shape index (κ2) is 9.06. The Labute approximate surface area is 189 Å². The molecule has 10 heteroatoms. The maximum atomic E-state index is 13.0. The molecular weight excluding hydrogens is 467 g/mol. The minimum absolute atomic E-state index is 0.0431. The number of carbonyl (C=O) groups is 1. The summed E-state index contributed by atoms with van der Waals surface area (Å²) in [4.78, 5) is 14.1. The zero-order chi connectivity index (χ0) is 21.3. The van der Waals surface area contributed by atoms with Gasteiger partial charge in [0.1, 0.15) is 0 Å². The molecule has 1 unspecified atom stereocenters. The zero-order valence-electron chi connectivity index (χ0n) is 15.9. The maximum absolute atomic E-state index is 13.0. The second-order valence-electron chi connectivity index (χ2n) is 7.00. The fraction of sp³-hybridized carbons (Fsp3) is 0.350. The Hall–Kier alpha value is -1.29. The van der Waals surface area contributed by atoms with Crippen LogP contribution in [0.25, 0.3) is 0 Å². The fourth-order valence-electron chi connectivity index (χ4n) is 3.53. The van der Waals surface area contributed by atoms with Crippen LogP contribution in [-0.4, -0.2) is 50.7 Å². The average molecular weight is 487 g/mol. The van der Waals surface area contributed by atoms with Crippen LogP contribution in [0.2, 0.25) is 10.0 Å². The minimum Gasteiger partial charge on any atom is -0.379 e. The number of benzene rings is 2. The van der Waals surface area contributed by atoms with Crippen molar-refractivity contribution in [2.24, 2.45) is 0 Å². The van der Waals surface area contributed by atoms with Gasteiger partial charge in [-0.25, -0.2) is 8.42 Å². The van der Waals surface area contributed by atoms with E-state index in [-0.39, 0.29) is 34.6 Å². The predicted molar refractivity (Wildman–Crippen MR) is 118 cm³/mol. The lowest BCUT2D eigenvalue weighted by Crippen LogP contribution is -2.40. The van der Waals surface area contributed by atoms with Gasteiger partial charge in [-0.15, -0.1) is 11.8 Å². The quantitative estimate of drug-likeness (QED) is 0.706. The maximum Gasteiger partial charge on any atom is 0.253 e. The summed E-state index contributed by atoms with van der Waals surface area (Å²) in [6, 6.07) is 9.63. The molecule has 6 nitrogen and oxygen atoms in total. The first-order valence-electron chi connectivity index (χ1n) is 9.47. The summed E-state index contributed by atoms with van der Waals surface area (Å²) in [5.41, 5.74) is 1.09. The normalized spacial score (nSPS) is 19.9. The monoisotopic (exact) mass is 486 g/mol. The van der Waals surface area contributed by atoms with E-state index in [9.17, 15) is 13.2 Å². The number of hydrogen-bond donors (Lipinski definition) is 1. The molecule has 2 aliphatic heterocycles. The van der Waals surface area contributed by atoms with E-state index >= 15 is 0 Å². The Morgan fingerprint density at radius 3 is 2.67 bits per heavy atom. The highest BCUT2D eigenvalue weighted by Crippen LogP contribution is 2.38. The highest BCUT2D eigenvalue weighted by atomic mass is 35.5. The van der Waals surface area contributed by atoms with Crippen molar-refractivity contribution in [3.8, 4) is 0 Å². The Morgan fingerprint density at radius 1 is 1.13 bits per heavy atom. The molecule has 1 saturated heterocycles. The van der Waals surface area contributed by atoms with Crippen LogP contribution in [0.1, 0.15) is 28.4 Å². The van der Waals surface area contributed by atoms with E-state index in [1.54, 1.807) is 11.8 Å². The molecule has 2 aromatic rings. The van der Waals surface area contributed by atoms with Gasteiger partial charge in [0.2, 0.25) is 10.0 Å². The summed E-state index contributed by atoms with van der Waals surface area (Å²) >= 11 is 14.1. The van der Waals surface area contributed by atoms with Crippen molar-refractivity contribution in [1.29, 1.82) is 0 Å². The lowest BCUT2D eigenvalue weighted by atomic mass is 10.0. The SMILES string of the molecule is O=C(NC1CCSc2ccc(Cl)cc21)c1cc(S(=O)(=O)N2CCOCC2)ccc1Cl. The Morgan fingerprint density at radius 2 is 1.90 bits per heavy atom. The number of fused-ring (bicyclic) bond motifs is 1. The number of thioether (sulfide) groups is 1. The molecule has 1 fully saturated rings. The summed E-state index contributed by atoms with van der Waals surface area (Å²) < 4.78 is 32.5. The van der Waals surface area contributed by atoms with Crippen molar-refractivity contribution in [2.75, 3.05) is 32.1 Å². The number of sulfonamides is 1. The van der Waals surface area contributed by atoms with Crippen molar-refractivity contribution in [2.45, 2.75) is 22.3 Å². The van der Waals surface area contributed by atoms with Crippen LogP contribution in [-0.2, 0) is 14.8 Å². The van der Waals surface area contributed by atoms with E-state index in [1.165, 1.54) is 22.5 Å². The van der Waals surface area contributed by atoms with Crippen LogP contribution in [0, 0.1) is 0 Å². The van der Waals surface area contributed by atoms with Crippen molar-refractivity contribution < 1.29 is 17.9 Å². The van der Waals surface area contributed by atoms with Crippen molar-refractivity contribution >= 4 is 50.9 Å². The molecule has 2 heterocycles. The lowest BCUT2D eigenvalue weighted by Gasteiger charge is -2.27. The number of morpholine rings is 1. The molecule has 0 aromatic heterocycles. The molecule has 2 aromatic carbocycles. The van der Waals surface area contributed by atoms with E-state index in [2.05, 4.69) is 5.32 Å². The summed E-state index contributed by atoms with van der Waals surface area (Å²) in [6.07, 6.45) is 0.743. The van der Waals surface area contributed by atoms with Gasteiger partial charge in [0.25, 0.3) is 5.91 Å². The predicted octanol–water partition coefficient (Wildman–Crippen LogP) is 3.98. The van der Waals surface area contributed by atoms with Crippen LogP contribution in [0.15, 0.2) is 46.2 Å². The van der Waals surface area contributed by atoms with Gasteiger partial charge in [-0.1, -0.05) is 23.2 Å². The van der Waals surface area contributed by atoms with Crippen LogP contribution in [0.5, 0.6) is 0 Å². The van der Waals surface area contributed by atoms with Gasteiger partial charge >= 0.3 is 0 Å². The standard InChI is InChI=1S/C20H20Cl2N2O4S2/c21-13-1-4-19-16(11-13)18(5-10-29-19)23-20(25)15-12-14(2-3-17(15)22)30(26,27)24-6-8-28-9-7-24/h1-4,11-12,18H,5-10H2,(H,23,25). The second-order valence-corrected chi connectivity index (χ2v) is 10.9. The molecule has 30 heavy (non-hydrogen) atoms. The first kappa shape index (κ1) is 21.9. The van der Waals surface area contributed by atoms with Crippen molar-refractivity contribution in [3.63, 3.8) is 0 Å². The Kier molecular flexibility index (Phi) is 6.62. The molecule has 1 N–H and O–H groups in total.